The van der Waals surface area contributed by atoms with Crippen LogP contribution in [0.1, 0.15) is 10.4 Å². The topological polar surface area (TPSA) is 90.7 Å². The first-order valence-corrected chi connectivity index (χ1v) is 7.51. The predicted molar refractivity (Wildman–Crippen MR) is 93.3 cm³/mol. The summed E-state index contributed by atoms with van der Waals surface area (Å²) in [5.74, 6) is -0.172. The minimum Gasteiger partial charge on any atom is -0.493 e. The van der Waals surface area contributed by atoms with Crippen LogP contribution in [-0.2, 0) is 0 Å². The van der Waals surface area contributed by atoms with Gasteiger partial charge in [-0.3, -0.25) is 14.9 Å². The number of carbonyl (C=O) groups excluding carboxylic acids is 1. The molecule has 0 saturated heterocycles. The lowest BCUT2D eigenvalue weighted by Crippen LogP contribution is -2.14. The van der Waals surface area contributed by atoms with Crippen molar-refractivity contribution in [3.63, 3.8) is 0 Å². The second kappa shape index (κ2) is 7.27. The van der Waals surface area contributed by atoms with Gasteiger partial charge in [-0.15, -0.1) is 0 Å². The highest BCUT2D eigenvalue weighted by atomic mass is 127. The predicted octanol–water partition coefficient (Wildman–Crippen LogP) is 3.47. The molecule has 0 spiro atoms. The van der Waals surface area contributed by atoms with Gasteiger partial charge in [0.1, 0.15) is 5.56 Å². The lowest BCUT2D eigenvalue weighted by molar-refractivity contribution is -0.385. The molecule has 0 aromatic heterocycles. The molecular formula is C15H13IN2O5. The zero-order valence-electron chi connectivity index (χ0n) is 12.3. The van der Waals surface area contributed by atoms with E-state index in [1.165, 1.54) is 26.4 Å². The van der Waals surface area contributed by atoms with Crippen LogP contribution in [0, 0.1) is 13.7 Å². The highest BCUT2D eigenvalue weighted by Gasteiger charge is 2.24. The Kier molecular flexibility index (Phi) is 5.37. The molecule has 0 saturated carbocycles. The van der Waals surface area contributed by atoms with Crippen LogP contribution in [-0.4, -0.2) is 25.1 Å². The summed E-state index contributed by atoms with van der Waals surface area (Å²) >= 11 is 2.14. The van der Waals surface area contributed by atoms with E-state index in [9.17, 15) is 14.9 Å². The van der Waals surface area contributed by atoms with Gasteiger partial charge in [0.05, 0.1) is 25.2 Å². The van der Waals surface area contributed by atoms with Crippen LogP contribution in [0.15, 0.2) is 36.4 Å². The molecule has 120 valence electrons. The molecule has 1 N–H and O–H groups in total. The molecule has 0 fully saturated rings. The number of ether oxygens (including phenoxy) is 2. The lowest BCUT2D eigenvalue weighted by atomic mass is 10.1. The third-order valence-electron chi connectivity index (χ3n) is 3.05. The zero-order chi connectivity index (χ0) is 17.0. The van der Waals surface area contributed by atoms with E-state index in [-0.39, 0.29) is 22.7 Å². The third-order valence-corrected chi connectivity index (χ3v) is 3.76. The highest BCUT2D eigenvalue weighted by Crippen LogP contribution is 2.34. The van der Waals surface area contributed by atoms with E-state index in [1.807, 2.05) is 12.1 Å². The molecule has 2 aromatic carbocycles. The van der Waals surface area contributed by atoms with Gasteiger partial charge in [0, 0.05) is 15.3 Å². The monoisotopic (exact) mass is 428 g/mol. The van der Waals surface area contributed by atoms with E-state index in [2.05, 4.69) is 27.9 Å². The molecule has 8 heteroatoms. The molecule has 0 aliphatic heterocycles. The van der Waals surface area contributed by atoms with Gasteiger partial charge in [-0.05, 0) is 46.9 Å². The van der Waals surface area contributed by atoms with Crippen molar-refractivity contribution in [2.75, 3.05) is 19.5 Å². The Hall–Kier alpha value is -2.36. The third kappa shape index (κ3) is 3.89. The second-order valence-corrected chi connectivity index (χ2v) is 5.69. The molecule has 0 radical (unpaired) electrons. The Labute approximate surface area is 145 Å². The molecule has 7 nitrogen and oxygen atoms in total. The molecule has 2 rings (SSSR count). The molecule has 1 amide bonds. The number of nitro groups is 1. The van der Waals surface area contributed by atoms with E-state index in [1.54, 1.807) is 12.1 Å². The van der Waals surface area contributed by atoms with Crippen molar-refractivity contribution >= 4 is 39.9 Å². The van der Waals surface area contributed by atoms with Crippen molar-refractivity contribution in [2.45, 2.75) is 0 Å². The molecule has 23 heavy (non-hydrogen) atoms. The number of hydrogen-bond donors (Lipinski definition) is 1. The summed E-state index contributed by atoms with van der Waals surface area (Å²) in [6.07, 6.45) is 0. The van der Waals surface area contributed by atoms with Gasteiger partial charge in [0.25, 0.3) is 11.6 Å². The van der Waals surface area contributed by atoms with Crippen molar-refractivity contribution in [2.24, 2.45) is 0 Å². The average molecular weight is 428 g/mol. The standard InChI is InChI=1S/C15H13IN2O5/c1-22-13-7-11(12(18(20)21)8-14(13)23-2)15(19)17-10-5-3-9(16)4-6-10/h3-8H,1-2H3,(H,17,19). The van der Waals surface area contributed by atoms with E-state index in [4.69, 9.17) is 9.47 Å². The number of nitrogens with zero attached hydrogens (tertiary/aromatic N) is 1. The lowest BCUT2D eigenvalue weighted by Gasteiger charge is -2.11. The first-order valence-electron chi connectivity index (χ1n) is 6.43. The molecule has 0 bridgehead atoms. The van der Waals surface area contributed by atoms with Gasteiger partial charge >= 0.3 is 0 Å². The number of rotatable bonds is 5. The Morgan fingerprint density at radius 3 is 2.22 bits per heavy atom. The van der Waals surface area contributed by atoms with Crippen LogP contribution in [0.3, 0.4) is 0 Å². The maximum Gasteiger partial charge on any atom is 0.286 e. The van der Waals surface area contributed by atoms with Crippen molar-refractivity contribution in [3.05, 3.63) is 55.6 Å². The fourth-order valence-electron chi connectivity index (χ4n) is 1.93. The maximum absolute atomic E-state index is 12.4. The van der Waals surface area contributed by atoms with Gasteiger partial charge in [-0.25, -0.2) is 0 Å². The smallest absolute Gasteiger partial charge is 0.286 e. The summed E-state index contributed by atoms with van der Waals surface area (Å²) in [4.78, 5) is 23.0. The first kappa shape index (κ1) is 17.0. The largest absolute Gasteiger partial charge is 0.493 e. The molecule has 0 unspecified atom stereocenters. The van der Waals surface area contributed by atoms with Crippen LogP contribution in [0.25, 0.3) is 0 Å². The van der Waals surface area contributed by atoms with Crippen LogP contribution in [0.5, 0.6) is 11.5 Å². The fourth-order valence-corrected chi connectivity index (χ4v) is 2.29. The van der Waals surface area contributed by atoms with E-state index in [0.29, 0.717) is 5.69 Å². The number of hydrogen-bond acceptors (Lipinski definition) is 5. The maximum atomic E-state index is 12.4. The number of anilines is 1. The molecular weight excluding hydrogens is 415 g/mol. The van der Waals surface area contributed by atoms with Crippen molar-refractivity contribution in [1.82, 2.24) is 0 Å². The van der Waals surface area contributed by atoms with Gasteiger partial charge < -0.3 is 14.8 Å². The Bertz CT molecular complexity index is 746. The number of methoxy groups -OCH3 is 2. The Morgan fingerprint density at radius 2 is 1.70 bits per heavy atom. The minimum absolute atomic E-state index is 0.105. The van der Waals surface area contributed by atoms with Crippen molar-refractivity contribution in [3.8, 4) is 11.5 Å². The molecule has 0 atom stereocenters. The van der Waals surface area contributed by atoms with Crippen molar-refractivity contribution in [1.29, 1.82) is 0 Å². The Morgan fingerprint density at radius 1 is 1.13 bits per heavy atom. The number of benzene rings is 2. The summed E-state index contributed by atoms with van der Waals surface area (Å²) < 4.78 is 11.1. The highest BCUT2D eigenvalue weighted by molar-refractivity contribution is 14.1. The number of nitro benzene ring substituents is 1. The van der Waals surface area contributed by atoms with Crippen LogP contribution in [0.2, 0.25) is 0 Å². The summed E-state index contributed by atoms with van der Waals surface area (Å²) in [5.41, 5.74) is 0.0800. The Balaban J connectivity index is 2.41. The van der Waals surface area contributed by atoms with E-state index in [0.717, 1.165) is 3.57 Å². The SMILES string of the molecule is COc1cc(C(=O)Nc2ccc(I)cc2)c([N+](=O)[O-])cc1OC. The van der Waals surface area contributed by atoms with Crippen LogP contribution < -0.4 is 14.8 Å². The molecule has 0 heterocycles. The number of halogens is 1. The number of amides is 1. The van der Waals surface area contributed by atoms with Gasteiger partial charge in [-0.2, -0.15) is 0 Å². The molecule has 0 aliphatic rings. The first-order chi connectivity index (χ1) is 11.0. The van der Waals surface area contributed by atoms with E-state index >= 15 is 0 Å². The summed E-state index contributed by atoms with van der Waals surface area (Å²) in [7, 11) is 2.76. The normalized spacial score (nSPS) is 10.0. The zero-order valence-corrected chi connectivity index (χ0v) is 14.5. The summed E-state index contributed by atoms with van der Waals surface area (Å²) in [6.45, 7) is 0. The number of carbonyl (C=O) groups is 1. The second-order valence-electron chi connectivity index (χ2n) is 4.44. The average Bonchev–Trinajstić information content (AvgIpc) is 2.55. The number of nitrogens with one attached hydrogen (secondary N) is 1. The van der Waals surface area contributed by atoms with Crippen LogP contribution >= 0.6 is 22.6 Å². The van der Waals surface area contributed by atoms with Gasteiger partial charge in [-0.1, -0.05) is 0 Å². The summed E-state index contributed by atoms with van der Waals surface area (Å²) in [5, 5.41) is 13.8. The molecule has 2 aromatic rings. The minimum atomic E-state index is -0.634. The van der Waals surface area contributed by atoms with E-state index < -0.39 is 10.8 Å². The van der Waals surface area contributed by atoms with Gasteiger partial charge in [0.2, 0.25) is 0 Å². The quantitative estimate of drug-likeness (QED) is 0.448. The summed E-state index contributed by atoms with van der Waals surface area (Å²) in [6, 6.07) is 9.53. The van der Waals surface area contributed by atoms with Crippen molar-refractivity contribution < 1.29 is 19.2 Å². The fraction of sp³-hybridized carbons (Fsp3) is 0.133. The van der Waals surface area contributed by atoms with Gasteiger partial charge in [0.15, 0.2) is 11.5 Å². The molecule has 0 aliphatic carbocycles. The van der Waals surface area contributed by atoms with Crippen LogP contribution in [0.4, 0.5) is 11.4 Å².